The van der Waals surface area contributed by atoms with Gasteiger partial charge in [0.05, 0.1) is 0 Å². The molecule has 3 rings (SSSR count). The first-order valence-electron chi connectivity index (χ1n) is 7.98. The number of halogens is 1. The molecule has 0 unspecified atom stereocenters. The highest BCUT2D eigenvalue weighted by Crippen LogP contribution is 2.14. The lowest BCUT2D eigenvalue weighted by molar-refractivity contribution is -0.132. The van der Waals surface area contributed by atoms with Crippen LogP contribution in [0.4, 0.5) is 4.39 Å². The van der Waals surface area contributed by atoms with E-state index in [2.05, 4.69) is 11.0 Å². The molecule has 2 aromatic rings. The molecule has 0 saturated carbocycles. The first-order chi connectivity index (χ1) is 11.2. The van der Waals surface area contributed by atoms with E-state index in [0.29, 0.717) is 6.42 Å². The number of benzene rings is 1. The van der Waals surface area contributed by atoms with Gasteiger partial charge in [0.25, 0.3) is 0 Å². The molecule has 0 radical (unpaired) electrons. The fourth-order valence-electron chi connectivity index (χ4n) is 2.85. The third kappa shape index (κ3) is 4.62. The number of thiophene rings is 1. The molecule has 0 atom stereocenters. The summed E-state index contributed by atoms with van der Waals surface area (Å²) < 4.78 is 12.9. The van der Waals surface area contributed by atoms with Crippen LogP contribution in [0.2, 0.25) is 0 Å². The van der Waals surface area contributed by atoms with Gasteiger partial charge in [-0.05, 0) is 35.6 Å². The number of piperazine rings is 1. The number of amides is 1. The Balaban J connectivity index is 1.42. The lowest BCUT2D eigenvalue weighted by Gasteiger charge is -2.34. The van der Waals surface area contributed by atoms with Crippen molar-refractivity contribution in [2.75, 3.05) is 26.2 Å². The summed E-state index contributed by atoms with van der Waals surface area (Å²) in [6.07, 6.45) is 1.44. The van der Waals surface area contributed by atoms with Crippen molar-refractivity contribution in [2.45, 2.75) is 19.4 Å². The molecule has 3 nitrogen and oxygen atoms in total. The van der Waals surface area contributed by atoms with Gasteiger partial charge in [-0.3, -0.25) is 9.69 Å². The molecule has 5 heteroatoms. The van der Waals surface area contributed by atoms with Crippen LogP contribution in [0, 0.1) is 5.82 Å². The third-order valence-electron chi connectivity index (χ3n) is 4.21. The Kier molecular flexibility index (Phi) is 5.41. The maximum absolute atomic E-state index is 12.9. The van der Waals surface area contributed by atoms with Gasteiger partial charge < -0.3 is 4.90 Å². The topological polar surface area (TPSA) is 23.6 Å². The second-order valence-electron chi connectivity index (χ2n) is 5.86. The minimum atomic E-state index is -0.199. The second kappa shape index (κ2) is 7.70. The molecule has 1 aromatic heterocycles. The van der Waals surface area contributed by atoms with Crippen molar-refractivity contribution >= 4 is 17.2 Å². The van der Waals surface area contributed by atoms with E-state index < -0.39 is 0 Å². The molecule has 23 heavy (non-hydrogen) atoms. The molecule has 1 amide bonds. The molecule has 1 aliphatic heterocycles. The van der Waals surface area contributed by atoms with Crippen LogP contribution in [0.25, 0.3) is 0 Å². The zero-order valence-corrected chi connectivity index (χ0v) is 13.9. The van der Waals surface area contributed by atoms with Crippen molar-refractivity contribution in [1.29, 1.82) is 0 Å². The third-order valence-corrected chi connectivity index (χ3v) is 5.15. The summed E-state index contributed by atoms with van der Waals surface area (Å²) in [6.45, 7) is 4.14. The Morgan fingerprint density at radius 1 is 1.09 bits per heavy atom. The van der Waals surface area contributed by atoms with E-state index in [9.17, 15) is 9.18 Å². The molecule has 0 bridgehead atoms. The highest BCUT2D eigenvalue weighted by molar-refractivity contribution is 7.09. The van der Waals surface area contributed by atoms with Crippen LogP contribution in [-0.2, 0) is 17.8 Å². The van der Waals surface area contributed by atoms with Crippen LogP contribution in [0.3, 0.4) is 0 Å². The predicted molar refractivity (Wildman–Crippen MR) is 90.9 cm³/mol. The minimum Gasteiger partial charge on any atom is -0.340 e. The molecule has 0 N–H and O–H groups in total. The summed E-state index contributed by atoms with van der Waals surface area (Å²) in [6, 6.07) is 10.8. The molecule has 1 fully saturated rings. The number of hydrogen-bond acceptors (Lipinski definition) is 3. The van der Waals surface area contributed by atoms with E-state index >= 15 is 0 Å². The monoisotopic (exact) mass is 332 g/mol. The van der Waals surface area contributed by atoms with Gasteiger partial charge in [-0.1, -0.05) is 18.2 Å². The highest BCUT2D eigenvalue weighted by atomic mass is 32.1. The van der Waals surface area contributed by atoms with Gasteiger partial charge in [0.2, 0.25) is 5.91 Å². The number of hydrogen-bond donors (Lipinski definition) is 0. The zero-order chi connectivity index (χ0) is 16.1. The summed E-state index contributed by atoms with van der Waals surface area (Å²) in [4.78, 5) is 17.8. The van der Waals surface area contributed by atoms with Crippen LogP contribution >= 0.6 is 11.3 Å². The quantitative estimate of drug-likeness (QED) is 0.840. The van der Waals surface area contributed by atoms with Crippen LogP contribution in [-0.4, -0.2) is 41.9 Å². The minimum absolute atomic E-state index is 0.199. The fraction of sp³-hybridized carbons (Fsp3) is 0.389. The first kappa shape index (κ1) is 16.1. The fourth-order valence-corrected chi connectivity index (χ4v) is 3.56. The van der Waals surface area contributed by atoms with Gasteiger partial charge in [-0.2, -0.15) is 0 Å². The van der Waals surface area contributed by atoms with E-state index in [1.165, 1.54) is 17.0 Å². The molecular weight excluding hydrogens is 311 g/mol. The number of rotatable bonds is 5. The number of aryl methyl sites for hydroxylation is 1. The van der Waals surface area contributed by atoms with E-state index in [1.807, 2.05) is 28.5 Å². The van der Waals surface area contributed by atoms with Crippen LogP contribution in [0.1, 0.15) is 16.9 Å². The Hall–Kier alpha value is -1.72. The van der Waals surface area contributed by atoms with Gasteiger partial charge in [-0.25, -0.2) is 4.39 Å². The number of nitrogens with zero attached hydrogens (tertiary/aromatic N) is 2. The highest BCUT2D eigenvalue weighted by Gasteiger charge is 2.20. The lowest BCUT2D eigenvalue weighted by atomic mass is 10.2. The summed E-state index contributed by atoms with van der Waals surface area (Å²) in [7, 11) is 0. The van der Waals surface area contributed by atoms with E-state index in [-0.39, 0.29) is 11.7 Å². The van der Waals surface area contributed by atoms with Crippen molar-refractivity contribution in [3.05, 3.63) is 58.0 Å². The first-order valence-corrected chi connectivity index (χ1v) is 8.85. The Morgan fingerprint density at radius 3 is 2.48 bits per heavy atom. The number of carbonyl (C=O) groups is 1. The smallest absolute Gasteiger partial charge is 0.223 e. The maximum atomic E-state index is 12.9. The van der Waals surface area contributed by atoms with Gasteiger partial charge in [-0.15, -0.1) is 11.3 Å². The summed E-state index contributed by atoms with van der Waals surface area (Å²) in [5, 5.41) is 2.05. The second-order valence-corrected chi connectivity index (χ2v) is 6.90. The van der Waals surface area contributed by atoms with Crippen molar-refractivity contribution in [3.63, 3.8) is 0 Å². The van der Waals surface area contributed by atoms with Crippen molar-refractivity contribution in [3.8, 4) is 0 Å². The average molecular weight is 332 g/mol. The zero-order valence-electron chi connectivity index (χ0n) is 13.1. The van der Waals surface area contributed by atoms with Gasteiger partial charge in [0.1, 0.15) is 5.82 Å². The van der Waals surface area contributed by atoms with E-state index in [4.69, 9.17) is 0 Å². The van der Waals surface area contributed by atoms with E-state index in [0.717, 1.165) is 44.7 Å². The molecule has 1 saturated heterocycles. The van der Waals surface area contributed by atoms with Crippen molar-refractivity contribution in [1.82, 2.24) is 9.80 Å². The van der Waals surface area contributed by atoms with E-state index in [1.54, 1.807) is 11.3 Å². The standard InChI is InChI=1S/C18H21FN2OS/c19-16-5-3-15(4-6-16)14-20-9-11-21(12-10-20)18(22)8-7-17-2-1-13-23-17/h1-6,13H,7-12,14H2. The maximum Gasteiger partial charge on any atom is 0.223 e. The molecule has 1 aromatic carbocycles. The molecule has 1 aliphatic rings. The molecular formula is C18H21FN2OS. The Bertz CT molecular complexity index is 619. The summed E-state index contributed by atoms with van der Waals surface area (Å²) >= 11 is 1.71. The van der Waals surface area contributed by atoms with Crippen LogP contribution in [0.5, 0.6) is 0 Å². The number of carbonyl (C=O) groups excluding carboxylic acids is 1. The molecule has 2 heterocycles. The Labute approximate surface area is 140 Å². The van der Waals surface area contributed by atoms with Gasteiger partial charge in [0.15, 0.2) is 0 Å². The lowest BCUT2D eigenvalue weighted by Crippen LogP contribution is -2.48. The molecule has 122 valence electrons. The van der Waals surface area contributed by atoms with Crippen molar-refractivity contribution in [2.24, 2.45) is 0 Å². The SMILES string of the molecule is O=C(CCc1cccs1)N1CCN(Cc2ccc(F)cc2)CC1. The van der Waals surface area contributed by atoms with Gasteiger partial charge >= 0.3 is 0 Å². The van der Waals surface area contributed by atoms with Crippen LogP contribution in [0.15, 0.2) is 41.8 Å². The normalized spacial score (nSPS) is 15.8. The van der Waals surface area contributed by atoms with Crippen molar-refractivity contribution < 1.29 is 9.18 Å². The summed E-state index contributed by atoms with van der Waals surface area (Å²) in [5.41, 5.74) is 1.11. The molecule has 0 spiro atoms. The van der Waals surface area contributed by atoms with Crippen LogP contribution < -0.4 is 0 Å². The predicted octanol–water partition coefficient (Wildman–Crippen LogP) is 3.16. The van der Waals surface area contributed by atoms with Gasteiger partial charge in [0, 0.05) is 44.0 Å². The Morgan fingerprint density at radius 2 is 1.83 bits per heavy atom. The average Bonchev–Trinajstić information content (AvgIpc) is 3.09. The largest absolute Gasteiger partial charge is 0.340 e. The summed E-state index contributed by atoms with van der Waals surface area (Å²) in [5.74, 6) is 0.0507. The molecule has 0 aliphatic carbocycles.